The van der Waals surface area contributed by atoms with E-state index in [1.54, 1.807) is 7.11 Å². The molecule has 0 spiro atoms. The molecular weight excluding hydrogens is 242 g/mol. The Bertz CT molecular complexity index is 431. The molecule has 0 aromatic heterocycles. The lowest BCUT2D eigenvalue weighted by atomic mass is 9.91. The van der Waals surface area contributed by atoms with Crippen LogP contribution in [0.4, 0.5) is 0 Å². The Morgan fingerprint density at radius 3 is 2.53 bits per heavy atom. The molecule has 1 aromatic carbocycles. The van der Waals surface area contributed by atoms with Crippen LogP contribution in [0.3, 0.4) is 0 Å². The third kappa shape index (κ3) is 3.01. The van der Waals surface area contributed by atoms with Crippen LogP contribution in [0.15, 0.2) is 18.2 Å². The highest BCUT2D eigenvalue weighted by Gasteiger charge is 2.30. The van der Waals surface area contributed by atoms with E-state index in [2.05, 4.69) is 25.2 Å². The fourth-order valence-electron chi connectivity index (χ4n) is 2.39. The van der Waals surface area contributed by atoms with Gasteiger partial charge in [0.05, 0.1) is 24.9 Å². The number of likely N-dealkylation sites (N-methyl/N-ethyl adjacent to an activating group) is 1. The Hall–Kier alpha value is -1.26. The molecular formula is C15H23NO3. The molecule has 19 heavy (non-hydrogen) atoms. The van der Waals surface area contributed by atoms with Gasteiger partial charge in [-0.05, 0) is 38.6 Å². The summed E-state index contributed by atoms with van der Waals surface area (Å²) in [4.78, 5) is 0. The lowest BCUT2D eigenvalue weighted by Gasteiger charge is -2.33. The zero-order chi connectivity index (χ0) is 13.9. The highest BCUT2D eigenvalue weighted by atomic mass is 16.5. The van der Waals surface area contributed by atoms with Gasteiger partial charge in [-0.15, -0.1) is 0 Å². The second kappa shape index (κ2) is 5.80. The SMILES string of the molecule is CNC(c1ccc2c(c1)OCCCO2)C(C)(C)OC. The van der Waals surface area contributed by atoms with Gasteiger partial charge in [-0.1, -0.05) is 6.07 Å². The van der Waals surface area contributed by atoms with E-state index < -0.39 is 0 Å². The molecule has 1 unspecified atom stereocenters. The summed E-state index contributed by atoms with van der Waals surface area (Å²) in [6.07, 6.45) is 0.920. The number of ether oxygens (including phenoxy) is 3. The van der Waals surface area contributed by atoms with E-state index in [0.29, 0.717) is 13.2 Å². The van der Waals surface area contributed by atoms with Crippen molar-refractivity contribution in [1.29, 1.82) is 0 Å². The van der Waals surface area contributed by atoms with Crippen LogP contribution in [0.5, 0.6) is 11.5 Å². The average Bonchev–Trinajstić information content (AvgIpc) is 2.64. The summed E-state index contributed by atoms with van der Waals surface area (Å²) in [5.74, 6) is 1.65. The maximum atomic E-state index is 5.74. The van der Waals surface area contributed by atoms with Crippen LogP contribution >= 0.6 is 0 Å². The minimum Gasteiger partial charge on any atom is -0.490 e. The fourth-order valence-corrected chi connectivity index (χ4v) is 2.39. The van der Waals surface area contributed by atoms with Crippen molar-refractivity contribution < 1.29 is 14.2 Å². The summed E-state index contributed by atoms with van der Waals surface area (Å²) in [7, 11) is 3.67. The van der Waals surface area contributed by atoms with Crippen LogP contribution in [0.2, 0.25) is 0 Å². The molecule has 0 saturated heterocycles. The van der Waals surface area contributed by atoms with Crippen molar-refractivity contribution in [3.05, 3.63) is 23.8 Å². The third-order valence-electron chi connectivity index (χ3n) is 3.61. The van der Waals surface area contributed by atoms with Gasteiger partial charge in [-0.25, -0.2) is 0 Å². The van der Waals surface area contributed by atoms with Gasteiger partial charge < -0.3 is 19.5 Å². The molecule has 4 heteroatoms. The van der Waals surface area contributed by atoms with Gasteiger partial charge in [0, 0.05) is 13.5 Å². The minimum absolute atomic E-state index is 0.0923. The van der Waals surface area contributed by atoms with Crippen molar-refractivity contribution in [2.75, 3.05) is 27.4 Å². The maximum Gasteiger partial charge on any atom is 0.161 e. The Morgan fingerprint density at radius 2 is 1.89 bits per heavy atom. The second-order valence-electron chi connectivity index (χ2n) is 5.29. The highest BCUT2D eigenvalue weighted by molar-refractivity contribution is 5.44. The van der Waals surface area contributed by atoms with E-state index in [9.17, 15) is 0 Å². The summed E-state index contributed by atoms with van der Waals surface area (Å²) in [6, 6.07) is 6.18. The largest absolute Gasteiger partial charge is 0.490 e. The molecule has 1 heterocycles. The first-order chi connectivity index (χ1) is 9.08. The first kappa shape index (κ1) is 14.2. The first-order valence-corrected chi connectivity index (χ1v) is 6.70. The number of benzene rings is 1. The molecule has 0 fully saturated rings. The standard InChI is InChI=1S/C15H23NO3/c1-15(2,17-4)14(16-3)11-6-7-12-13(10-11)19-9-5-8-18-12/h6-7,10,14,16H,5,8-9H2,1-4H3. The Labute approximate surface area is 115 Å². The Balaban J connectivity index is 2.32. The van der Waals surface area contributed by atoms with Gasteiger partial charge in [0.2, 0.25) is 0 Å². The van der Waals surface area contributed by atoms with E-state index in [1.165, 1.54) is 0 Å². The van der Waals surface area contributed by atoms with Gasteiger partial charge in [-0.3, -0.25) is 0 Å². The molecule has 0 saturated carbocycles. The topological polar surface area (TPSA) is 39.7 Å². The highest BCUT2D eigenvalue weighted by Crippen LogP contribution is 2.35. The summed E-state index contributed by atoms with van der Waals surface area (Å²) >= 11 is 0. The van der Waals surface area contributed by atoms with Crippen LogP contribution < -0.4 is 14.8 Å². The molecule has 106 valence electrons. The van der Waals surface area contributed by atoms with Crippen molar-refractivity contribution >= 4 is 0 Å². The molecule has 0 bridgehead atoms. The van der Waals surface area contributed by atoms with Gasteiger partial charge in [-0.2, -0.15) is 0 Å². The monoisotopic (exact) mass is 265 g/mol. The van der Waals surface area contributed by atoms with Crippen LogP contribution in [0.25, 0.3) is 0 Å². The molecule has 0 amide bonds. The van der Waals surface area contributed by atoms with Gasteiger partial charge in [0.1, 0.15) is 0 Å². The second-order valence-corrected chi connectivity index (χ2v) is 5.29. The molecule has 1 atom stereocenters. The predicted octanol–water partition coefficient (Wildman–Crippen LogP) is 2.53. The third-order valence-corrected chi connectivity index (χ3v) is 3.61. The first-order valence-electron chi connectivity index (χ1n) is 6.70. The number of nitrogens with one attached hydrogen (secondary N) is 1. The van der Waals surface area contributed by atoms with Crippen molar-refractivity contribution in [2.24, 2.45) is 0 Å². The Kier molecular flexibility index (Phi) is 4.32. The van der Waals surface area contributed by atoms with Crippen LogP contribution in [-0.4, -0.2) is 33.0 Å². The minimum atomic E-state index is -0.297. The van der Waals surface area contributed by atoms with Crippen molar-refractivity contribution in [2.45, 2.75) is 31.9 Å². The van der Waals surface area contributed by atoms with E-state index in [-0.39, 0.29) is 11.6 Å². The van der Waals surface area contributed by atoms with Crippen molar-refractivity contribution in [3.63, 3.8) is 0 Å². The Morgan fingerprint density at radius 1 is 1.21 bits per heavy atom. The normalized spacial score (nSPS) is 16.8. The van der Waals surface area contributed by atoms with E-state index >= 15 is 0 Å². The predicted molar refractivity (Wildman–Crippen MR) is 74.9 cm³/mol. The van der Waals surface area contributed by atoms with Crippen LogP contribution in [0, 0.1) is 0 Å². The summed E-state index contributed by atoms with van der Waals surface area (Å²) in [6.45, 7) is 5.55. The molecule has 2 rings (SSSR count). The van der Waals surface area contributed by atoms with Crippen LogP contribution in [0.1, 0.15) is 31.9 Å². The number of rotatable bonds is 4. The van der Waals surface area contributed by atoms with Crippen molar-refractivity contribution in [1.82, 2.24) is 5.32 Å². The lowest BCUT2D eigenvalue weighted by Crippen LogP contribution is -2.39. The average molecular weight is 265 g/mol. The number of methoxy groups -OCH3 is 1. The molecule has 1 aliphatic heterocycles. The lowest BCUT2D eigenvalue weighted by molar-refractivity contribution is -0.00904. The van der Waals surface area contributed by atoms with E-state index in [1.807, 2.05) is 19.2 Å². The zero-order valence-corrected chi connectivity index (χ0v) is 12.2. The smallest absolute Gasteiger partial charge is 0.161 e. The molecule has 0 radical (unpaired) electrons. The van der Waals surface area contributed by atoms with Gasteiger partial charge >= 0.3 is 0 Å². The maximum absolute atomic E-state index is 5.74. The summed E-state index contributed by atoms with van der Waals surface area (Å²) in [5, 5.41) is 3.31. The fraction of sp³-hybridized carbons (Fsp3) is 0.600. The molecule has 1 N–H and O–H groups in total. The number of hydrogen-bond acceptors (Lipinski definition) is 4. The molecule has 4 nitrogen and oxygen atoms in total. The summed E-state index contributed by atoms with van der Waals surface area (Å²) < 4.78 is 17.0. The van der Waals surface area contributed by atoms with E-state index in [0.717, 1.165) is 23.5 Å². The van der Waals surface area contributed by atoms with Gasteiger partial charge in [0.25, 0.3) is 0 Å². The van der Waals surface area contributed by atoms with Crippen LogP contribution in [-0.2, 0) is 4.74 Å². The number of fused-ring (bicyclic) bond motifs is 1. The molecule has 0 aliphatic carbocycles. The zero-order valence-electron chi connectivity index (χ0n) is 12.2. The quantitative estimate of drug-likeness (QED) is 0.908. The summed E-state index contributed by atoms with van der Waals surface area (Å²) in [5.41, 5.74) is 0.841. The molecule has 1 aliphatic rings. The van der Waals surface area contributed by atoms with E-state index in [4.69, 9.17) is 14.2 Å². The number of hydrogen-bond donors (Lipinski definition) is 1. The van der Waals surface area contributed by atoms with Crippen molar-refractivity contribution in [3.8, 4) is 11.5 Å². The molecule has 1 aromatic rings. The van der Waals surface area contributed by atoms with Gasteiger partial charge in [0.15, 0.2) is 11.5 Å².